The fourth-order valence-corrected chi connectivity index (χ4v) is 2.00. The Hall–Kier alpha value is -0.290. The summed E-state index contributed by atoms with van der Waals surface area (Å²) in [6.07, 6.45) is 0. The Balaban J connectivity index is 2.77. The fourth-order valence-electron chi connectivity index (χ4n) is 1.01. The Labute approximate surface area is 97.6 Å². The largest absolute Gasteiger partial charge is 0.306 e. The van der Waals surface area contributed by atoms with Gasteiger partial charge in [0.05, 0.1) is 5.52 Å². The van der Waals surface area contributed by atoms with Crippen LogP contribution in [-0.4, -0.2) is 9.97 Å². The zero-order valence-corrected chi connectivity index (χ0v) is 9.64. The molecular weight excluding hydrogens is 267 g/mol. The third-order valence-corrected chi connectivity index (χ3v) is 3.02. The molecular formula is C7H3Cl3N2OS. The van der Waals surface area contributed by atoms with Crippen molar-refractivity contribution in [3.8, 4) is 0 Å². The van der Waals surface area contributed by atoms with Crippen molar-refractivity contribution in [1.82, 2.24) is 9.97 Å². The van der Waals surface area contributed by atoms with E-state index in [4.69, 9.17) is 34.8 Å². The zero-order chi connectivity index (χ0) is 10.3. The van der Waals surface area contributed by atoms with Gasteiger partial charge in [0.15, 0.2) is 5.82 Å². The van der Waals surface area contributed by atoms with Crippen molar-refractivity contribution in [3.63, 3.8) is 0 Å². The number of thiophene rings is 1. The highest BCUT2D eigenvalue weighted by Crippen LogP contribution is 2.35. The molecule has 14 heavy (non-hydrogen) atoms. The molecule has 2 aromatic heterocycles. The van der Waals surface area contributed by atoms with Crippen molar-refractivity contribution in [2.24, 2.45) is 0 Å². The van der Waals surface area contributed by atoms with Crippen LogP contribution in [0.15, 0.2) is 16.2 Å². The number of nitrogens with one attached hydrogen (secondary N) is 1. The van der Waals surface area contributed by atoms with Gasteiger partial charge in [-0.3, -0.25) is 4.79 Å². The number of hydrogen-bond acceptors (Lipinski definition) is 3. The van der Waals surface area contributed by atoms with Gasteiger partial charge in [0.1, 0.15) is 4.70 Å². The molecule has 2 rings (SSSR count). The normalized spacial score (nSPS) is 12.2. The van der Waals surface area contributed by atoms with Crippen molar-refractivity contribution in [2.45, 2.75) is 3.79 Å². The molecule has 0 spiro atoms. The smallest absolute Gasteiger partial charge is 0.268 e. The van der Waals surface area contributed by atoms with Crippen LogP contribution in [0.25, 0.3) is 10.2 Å². The summed E-state index contributed by atoms with van der Waals surface area (Å²) >= 11 is 18.1. The number of hydrogen-bond donors (Lipinski definition) is 1. The van der Waals surface area contributed by atoms with Gasteiger partial charge in [0.25, 0.3) is 5.56 Å². The second-order valence-electron chi connectivity index (χ2n) is 2.55. The van der Waals surface area contributed by atoms with Crippen molar-refractivity contribution in [2.75, 3.05) is 0 Å². The van der Waals surface area contributed by atoms with Gasteiger partial charge in [-0.05, 0) is 11.4 Å². The highest BCUT2D eigenvalue weighted by molar-refractivity contribution is 7.17. The number of halogens is 3. The van der Waals surface area contributed by atoms with Gasteiger partial charge in [0, 0.05) is 0 Å². The van der Waals surface area contributed by atoms with Gasteiger partial charge < -0.3 is 4.98 Å². The molecule has 0 aromatic carbocycles. The summed E-state index contributed by atoms with van der Waals surface area (Å²) < 4.78 is -1.17. The van der Waals surface area contributed by atoms with E-state index >= 15 is 0 Å². The summed E-state index contributed by atoms with van der Waals surface area (Å²) in [6, 6.07) is 1.70. The molecule has 0 bridgehead atoms. The van der Waals surface area contributed by atoms with Gasteiger partial charge in [0.2, 0.25) is 3.79 Å². The molecule has 7 heteroatoms. The topological polar surface area (TPSA) is 45.8 Å². The third-order valence-electron chi connectivity index (χ3n) is 1.58. The summed E-state index contributed by atoms with van der Waals surface area (Å²) in [4.78, 5) is 17.9. The van der Waals surface area contributed by atoms with E-state index in [1.807, 2.05) is 0 Å². The van der Waals surface area contributed by atoms with Gasteiger partial charge in [-0.15, -0.1) is 11.3 Å². The first kappa shape index (κ1) is 10.2. The van der Waals surface area contributed by atoms with E-state index in [1.165, 1.54) is 11.3 Å². The average Bonchev–Trinajstić information content (AvgIpc) is 2.50. The predicted octanol–water partition coefficient (Wildman–Crippen LogP) is 2.81. The summed E-state index contributed by atoms with van der Waals surface area (Å²) in [5.74, 6) is 0.0402. The Kier molecular flexibility index (Phi) is 2.47. The quantitative estimate of drug-likeness (QED) is 0.748. The van der Waals surface area contributed by atoms with Crippen LogP contribution in [0, 0.1) is 0 Å². The lowest BCUT2D eigenvalue weighted by molar-refractivity contribution is 0.977. The lowest BCUT2D eigenvalue weighted by atomic mass is 10.4. The maximum atomic E-state index is 11.4. The number of aromatic nitrogens is 2. The molecule has 74 valence electrons. The van der Waals surface area contributed by atoms with Crippen LogP contribution in [0.1, 0.15) is 5.82 Å². The highest BCUT2D eigenvalue weighted by Gasteiger charge is 2.26. The van der Waals surface area contributed by atoms with Crippen molar-refractivity contribution < 1.29 is 0 Å². The van der Waals surface area contributed by atoms with Crippen molar-refractivity contribution in [3.05, 3.63) is 27.6 Å². The second-order valence-corrected chi connectivity index (χ2v) is 5.74. The van der Waals surface area contributed by atoms with E-state index in [-0.39, 0.29) is 11.4 Å². The van der Waals surface area contributed by atoms with Crippen molar-refractivity contribution in [1.29, 1.82) is 0 Å². The van der Waals surface area contributed by atoms with Gasteiger partial charge in [-0.1, -0.05) is 34.8 Å². The lowest BCUT2D eigenvalue weighted by Gasteiger charge is -2.08. The lowest BCUT2D eigenvalue weighted by Crippen LogP contribution is -2.15. The molecule has 2 heterocycles. The molecule has 0 aliphatic heterocycles. The summed E-state index contributed by atoms with van der Waals surface area (Å²) in [5.41, 5.74) is 0.256. The number of nitrogens with zero attached hydrogens (tertiary/aromatic N) is 1. The second kappa shape index (κ2) is 3.38. The van der Waals surface area contributed by atoms with E-state index in [2.05, 4.69) is 9.97 Å². The molecule has 3 nitrogen and oxygen atoms in total. The van der Waals surface area contributed by atoms with Gasteiger partial charge >= 0.3 is 0 Å². The monoisotopic (exact) mass is 268 g/mol. The average molecular weight is 270 g/mol. The van der Waals surface area contributed by atoms with E-state index < -0.39 is 3.79 Å². The Morgan fingerprint density at radius 1 is 1.43 bits per heavy atom. The van der Waals surface area contributed by atoms with Crippen molar-refractivity contribution >= 4 is 56.4 Å². The summed E-state index contributed by atoms with van der Waals surface area (Å²) in [5, 5.41) is 1.76. The van der Waals surface area contributed by atoms with E-state index in [1.54, 1.807) is 11.4 Å². The highest BCUT2D eigenvalue weighted by atomic mass is 35.6. The van der Waals surface area contributed by atoms with Gasteiger partial charge in [-0.2, -0.15) is 0 Å². The maximum Gasteiger partial charge on any atom is 0.268 e. The molecule has 0 aliphatic carbocycles. The van der Waals surface area contributed by atoms with Crippen LogP contribution in [0.2, 0.25) is 0 Å². The van der Waals surface area contributed by atoms with E-state index in [0.29, 0.717) is 10.2 Å². The molecule has 0 saturated carbocycles. The minimum Gasteiger partial charge on any atom is -0.306 e. The molecule has 0 amide bonds. The first-order chi connectivity index (χ1) is 6.48. The first-order valence-corrected chi connectivity index (χ1v) is 5.54. The molecule has 0 radical (unpaired) electrons. The van der Waals surface area contributed by atoms with Crippen LogP contribution in [-0.2, 0) is 3.79 Å². The van der Waals surface area contributed by atoms with Gasteiger partial charge in [-0.25, -0.2) is 4.98 Å². The molecule has 0 unspecified atom stereocenters. The summed E-state index contributed by atoms with van der Waals surface area (Å²) in [7, 11) is 0. The third kappa shape index (κ3) is 1.75. The molecule has 2 aromatic rings. The molecule has 0 atom stereocenters. The number of aromatic amines is 1. The fraction of sp³-hybridized carbons (Fsp3) is 0.143. The van der Waals surface area contributed by atoms with E-state index in [0.717, 1.165) is 0 Å². The number of fused-ring (bicyclic) bond motifs is 1. The summed E-state index contributed by atoms with van der Waals surface area (Å²) in [6.45, 7) is 0. The number of H-pyrrole nitrogens is 1. The number of rotatable bonds is 0. The minimum absolute atomic E-state index is 0.0402. The molecule has 1 N–H and O–H groups in total. The standard InChI is InChI=1S/C7H3Cl3N2OS/c8-7(9,10)6-11-3-1-2-14-4(3)5(13)12-6/h1-2H,(H,11,12,13). The minimum atomic E-state index is -1.70. The Morgan fingerprint density at radius 3 is 2.79 bits per heavy atom. The van der Waals surface area contributed by atoms with Crippen LogP contribution in [0.3, 0.4) is 0 Å². The maximum absolute atomic E-state index is 11.4. The molecule has 0 aliphatic rings. The first-order valence-electron chi connectivity index (χ1n) is 3.53. The number of alkyl halides is 3. The van der Waals surface area contributed by atoms with E-state index in [9.17, 15) is 4.79 Å². The predicted molar refractivity (Wildman–Crippen MR) is 59.5 cm³/mol. The Morgan fingerprint density at radius 2 is 2.14 bits per heavy atom. The SMILES string of the molecule is O=c1[nH]c(C(Cl)(Cl)Cl)nc2ccsc12. The molecule has 0 fully saturated rings. The zero-order valence-electron chi connectivity index (χ0n) is 6.55. The molecule has 0 saturated heterocycles. The van der Waals surface area contributed by atoms with Crippen LogP contribution in [0.5, 0.6) is 0 Å². The Bertz CT molecular complexity index is 527. The van der Waals surface area contributed by atoms with Crippen LogP contribution >= 0.6 is 46.1 Å². The van der Waals surface area contributed by atoms with Crippen LogP contribution < -0.4 is 5.56 Å². The van der Waals surface area contributed by atoms with Crippen LogP contribution in [0.4, 0.5) is 0 Å².